The zero-order chi connectivity index (χ0) is 18.1. The number of rotatable bonds is 2. The first-order valence-electron chi connectivity index (χ1n) is 8.65. The van der Waals surface area contributed by atoms with Crippen molar-refractivity contribution in [1.29, 1.82) is 0 Å². The lowest BCUT2D eigenvalue weighted by Crippen LogP contribution is -2.40. The van der Waals surface area contributed by atoms with Gasteiger partial charge >= 0.3 is 0 Å². The Morgan fingerprint density at radius 3 is 2.46 bits per heavy atom. The van der Waals surface area contributed by atoms with Gasteiger partial charge in [0.1, 0.15) is 5.76 Å². The van der Waals surface area contributed by atoms with E-state index in [1.165, 1.54) is 0 Å². The highest BCUT2D eigenvalue weighted by molar-refractivity contribution is 6.05. The van der Waals surface area contributed by atoms with Gasteiger partial charge in [0.25, 0.3) is 5.91 Å². The molecule has 1 amide bonds. The van der Waals surface area contributed by atoms with E-state index in [4.69, 9.17) is 9.15 Å². The molecule has 0 N–H and O–H groups in total. The summed E-state index contributed by atoms with van der Waals surface area (Å²) in [5.41, 5.74) is 2.01. The molecule has 1 fully saturated rings. The smallest absolute Gasteiger partial charge is 0.257 e. The second-order valence-corrected chi connectivity index (χ2v) is 6.34. The summed E-state index contributed by atoms with van der Waals surface area (Å²) in [7, 11) is 0. The molecule has 0 aliphatic carbocycles. The summed E-state index contributed by atoms with van der Waals surface area (Å²) in [6.07, 6.45) is 0. The molecule has 2 heterocycles. The number of nitrogens with zero attached hydrogens (tertiary/aromatic N) is 1. The van der Waals surface area contributed by atoms with Crippen molar-refractivity contribution in [1.82, 2.24) is 4.90 Å². The number of morpholine rings is 1. The van der Waals surface area contributed by atoms with Gasteiger partial charge in [0.15, 0.2) is 11.0 Å². The third-order valence-corrected chi connectivity index (χ3v) is 4.71. The molecule has 26 heavy (non-hydrogen) atoms. The van der Waals surface area contributed by atoms with Gasteiger partial charge in [-0.25, -0.2) is 0 Å². The zero-order valence-electron chi connectivity index (χ0n) is 14.5. The maximum absolute atomic E-state index is 13.0. The summed E-state index contributed by atoms with van der Waals surface area (Å²) in [6, 6.07) is 14.6. The monoisotopic (exact) mass is 349 g/mol. The highest BCUT2D eigenvalue weighted by atomic mass is 16.5. The van der Waals surface area contributed by atoms with Crippen molar-refractivity contribution in [3.8, 4) is 11.3 Å². The molecule has 2 aromatic carbocycles. The summed E-state index contributed by atoms with van der Waals surface area (Å²) in [4.78, 5) is 27.6. The van der Waals surface area contributed by atoms with Crippen LogP contribution in [0.25, 0.3) is 22.3 Å². The van der Waals surface area contributed by atoms with Gasteiger partial charge in [0.05, 0.1) is 24.2 Å². The van der Waals surface area contributed by atoms with Gasteiger partial charge in [-0.2, -0.15) is 0 Å². The molecule has 1 aliphatic rings. The van der Waals surface area contributed by atoms with Gasteiger partial charge < -0.3 is 14.1 Å². The molecule has 4 rings (SSSR count). The molecule has 1 aliphatic heterocycles. The minimum Gasteiger partial charge on any atom is -0.455 e. The molecule has 1 saturated heterocycles. The van der Waals surface area contributed by atoms with Gasteiger partial charge in [0, 0.05) is 24.2 Å². The molecule has 3 aromatic rings. The van der Waals surface area contributed by atoms with Crippen LogP contribution in [0.2, 0.25) is 0 Å². The fourth-order valence-corrected chi connectivity index (χ4v) is 3.28. The third-order valence-electron chi connectivity index (χ3n) is 4.71. The van der Waals surface area contributed by atoms with Gasteiger partial charge in [0.2, 0.25) is 0 Å². The lowest BCUT2D eigenvalue weighted by atomic mass is 10.0. The van der Waals surface area contributed by atoms with Crippen LogP contribution in [-0.2, 0) is 4.74 Å². The first-order valence-corrected chi connectivity index (χ1v) is 8.65. The van der Waals surface area contributed by atoms with Gasteiger partial charge in [-0.05, 0) is 19.1 Å². The van der Waals surface area contributed by atoms with Crippen LogP contribution in [0, 0.1) is 6.92 Å². The molecule has 0 unspecified atom stereocenters. The molecule has 0 atom stereocenters. The van der Waals surface area contributed by atoms with E-state index in [1.54, 1.807) is 30.0 Å². The van der Waals surface area contributed by atoms with Gasteiger partial charge in [-0.15, -0.1) is 0 Å². The number of hydrogen-bond acceptors (Lipinski definition) is 4. The number of hydrogen-bond donors (Lipinski definition) is 0. The number of ether oxygens (including phenoxy) is 1. The first kappa shape index (κ1) is 16.5. The van der Waals surface area contributed by atoms with Crippen molar-refractivity contribution in [2.24, 2.45) is 0 Å². The maximum atomic E-state index is 13.0. The van der Waals surface area contributed by atoms with E-state index in [1.807, 2.05) is 30.3 Å². The van der Waals surface area contributed by atoms with E-state index in [0.29, 0.717) is 54.2 Å². The fraction of sp³-hybridized carbons (Fsp3) is 0.238. The van der Waals surface area contributed by atoms with E-state index >= 15 is 0 Å². The Balaban J connectivity index is 1.91. The first-order chi connectivity index (χ1) is 12.7. The van der Waals surface area contributed by atoms with Crippen LogP contribution < -0.4 is 5.43 Å². The molecular formula is C21H19NO4. The molecule has 0 saturated carbocycles. The summed E-state index contributed by atoms with van der Waals surface area (Å²) in [6.45, 7) is 3.88. The molecule has 5 nitrogen and oxygen atoms in total. The Morgan fingerprint density at radius 2 is 1.73 bits per heavy atom. The largest absolute Gasteiger partial charge is 0.455 e. The lowest BCUT2D eigenvalue weighted by molar-refractivity contribution is 0.0303. The van der Waals surface area contributed by atoms with Crippen LogP contribution in [0.15, 0.2) is 57.7 Å². The van der Waals surface area contributed by atoms with Crippen LogP contribution in [0.4, 0.5) is 0 Å². The number of carbonyl (C=O) groups is 1. The zero-order valence-corrected chi connectivity index (χ0v) is 14.5. The molecule has 1 aromatic heterocycles. The average Bonchev–Trinajstić information content (AvgIpc) is 2.71. The van der Waals surface area contributed by atoms with Crippen molar-refractivity contribution >= 4 is 16.9 Å². The Bertz CT molecular complexity index is 1020. The molecule has 0 bridgehead atoms. The van der Waals surface area contributed by atoms with Crippen molar-refractivity contribution < 1.29 is 13.9 Å². The topological polar surface area (TPSA) is 59.8 Å². The van der Waals surface area contributed by atoms with Crippen LogP contribution in [-0.4, -0.2) is 37.1 Å². The Hall–Kier alpha value is -2.92. The Morgan fingerprint density at radius 1 is 1.00 bits per heavy atom. The van der Waals surface area contributed by atoms with Gasteiger partial charge in [-0.3, -0.25) is 9.59 Å². The van der Waals surface area contributed by atoms with Crippen molar-refractivity contribution in [2.45, 2.75) is 6.92 Å². The average molecular weight is 349 g/mol. The van der Waals surface area contributed by atoms with E-state index in [-0.39, 0.29) is 11.3 Å². The summed E-state index contributed by atoms with van der Waals surface area (Å²) < 4.78 is 11.4. The second-order valence-electron chi connectivity index (χ2n) is 6.34. The van der Waals surface area contributed by atoms with E-state index < -0.39 is 0 Å². The van der Waals surface area contributed by atoms with Crippen LogP contribution in [0.3, 0.4) is 0 Å². The molecule has 5 heteroatoms. The highest BCUT2D eigenvalue weighted by Gasteiger charge is 2.23. The number of carbonyl (C=O) groups excluding carboxylic acids is 1. The van der Waals surface area contributed by atoms with E-state index in [0.717, 1.165) is 5.56 Å². The minimum atomic E-state index is -0.134. The van der Waals surface area contributed by atoms with Crippen molar-refractivity contribution in [2.75, 3.05) is 26.3 Å². The SMILES string of the molecule is Cc1c(-c2ccccc2)oc2c(C(=O)N3CCOCC3)cccc2c1=O. The highest BCUT2D eigenvalue weighted by Crippen LogP contribution is 2.27. The number of benzene rings is 2. The van der Waals surface area contributed by atoms with Crippen LogP contribution >= 0.6 is 0 Å². The van der Waals surface area contributed by atoms with E-state index in [9.17, 15) is 9.59 Å². The molecule has 132 valence electrons. The molecule has 0 radical (unpaired) electrons. The molecule has 0 spiro atoms. The van der Waals surface area contributed by atoms with Crippen LogP contribution in [0.1, 0.15) is 15.9 Å². The predicted octanol–water partition coefficient (Wildman–Crippen LogP) is 3.24. The second kappa shape index (κ2) is 6.77. The normalized spacial score (nSPS) is 14.6. The summed E-state index contributed by atoms with van der Waals surface area (Å²) >= 11 is 0. The predicted molar refractivity (Wildman–Crippen MR) is 99.4 cm³/mol. The number of para-hydroxylation sites is 1. The third kappa shape index (κ3) is 2.80. The fourth-order valence-electron chi connectivity index (χ4n) is 3.28. The standard InChI is InChI=1S/C21H19NO4/c1-14-18(23)16-8-5-9-17(21(24)22-10-12-25-13-11-22)20(16)26-19(14)15-6-3-2-4-7-15/h2-9H,10-13H2,1H3. The summed E-state index contributed by atoms with van der Waals surface area (Å²) in [5, 5.41) is 0.432. The maximum Gasteiger partial charge on any atom is 0.257 e. The van der Waals surface area contributed by atoms with Crippen LogP contribution in [0.5, 0.6) is 0 Å². The Labute approximate surface area is 150 Å². The summed E-state index contributed by atoms with van der Waals surface area (Å²) in [5.74, 6) is 0.371. The van der Waals surface area contributed by atoms with Crippen molar-refractivity contribution in [3.63, 3.8) is 0 Å². The van der Waals surface area contributed by atoms with E-state index in [2.05, 4.69) is 0 Å². The Kier molecular flexibility index (Phi) is 4.31. The quantitative estimate of drug-likeness (QED) is 0.713. The van der Waals surface area contributed by atoms with Crippen molar-refractivity contribution in [3.05, 3.63) is 69.9 Å². The number of amides is 1. The lowest BCUT2D eigenvalue weighted by Gasteiger charge is -2.27. The molecular weight excluding hydrogens is 330 g/mol. The minimum absolute atomic E-state index is 0.110. The number of fused-ring (bicyclic) bond motifs is 1. The van der Waals surface area contributed by atoms with Gasteiger partial charge in [-0.1, -0.05) is 36.4 Å².